The summed E-state index contributed by atoms with van der Waals surface area (Å²) in [5.41, 5.74) is 3.31. The van der Waals surface area contributed by atoms with Crippen LogP contribution in [0, 0.1) is 11.3 Å². The zero-order valence-electron chi connectivity index (χ0n) is 10.0. The maximum absolute atomic E-state index is 8.73. The normalized spacial score (nSPS) is 10.9. The van der Waals surface area contributed by atoms with Gasteiger partial charge in [-0.1, -0.05) is 18.2 Å². The largest absolute Gasteiger partial charge is 0.337 e. The Morgan fingerprint density at radius 1 is 1.11 bits per heavy atom. The van der Waals surface area contributed by atoms with Crippen LogP contribution in [-0.2, 0) is 0 Å². The second kappa shape index (κ2) is 4.75. The molecule has 90 valence electrons. The van der Waals surface area contributed by atoms with Crippen LogP contribution in [0.3, 0.4) is 0 Å². The van der Waals surface area contributed by atoms with Gasteiger partial charge in [0, 0.05) is 6.20 Å². The first-order valence-corrected chi connectivity index (χ1v) is 5.84. The Hall–Kier alpha value is -2.93. The first-order chi connectivity index (χ1) is 9.35. The Balaban J connectivity index is 1.87. The Morgan fingerprint density at radius 2 is 1.95 bits per heavy atom. The van der Waals surface area contributed by atoms with Gasteiger partial charge in [-0.2, -0.15) is 5.26 Å². The lowest BCUT2D eigenvalue weighted by Crippen LogP contribution is -1.77. The molecule has 1 N–H and O–H groups in total. The van der Waals surface area contributed by atoms with Crippen LogP contribution in [0.15, 0.2) is 42.6 Å². The summed E-state index contributed by atoms with van der Waals surface area (Å²) >= 11 is 0. The molecule has 0 spiro atoms. The molecule has 1 aromatic carbocycles. The standard InChI is InChI=1S/C15H10N4/c16-10-12-5-3-11(4-6-12)7-8-14-18-13-2-1-9-17-15(13)19-14/h1-9H,(H,17,18,19)/b8-7+. The van der Waals surface area contributed by atoms with E-state index >= 15 is 0 Å². The first kappa shape index (κ1) is 11.2. The third kappa shape index (κ3) is 2.35. The van der Waals surface area contributed by atoms with E-state index in [9.17, 15) is 0 Å². The van der Waals surface area contributed by atoms with E-state index in [0.717, 1.165) is 16.9 Å². The van der Waals surface area contributed by atoms with Crippen LogP contribution in [0.25, 0.3) is 23.3 Å². The molecule has 3 aromatic rings. The van der Waals surface area contributed by atoms with E-state index in [-0.39, 0.29) is 0 Å². The second-order valence-corrected chi connectivity index (χ2v) is 4.06. The van der Waals surface area contributed by atoms with Gasteiger partial charge in [0.1, 0.15) is 5.82 Å². The van der Waals surface area contributed by atoms with Crippen LogP contribution < -0.4 is 0 Å². The van der Waals surface area contributed by atoms with Crippen molar-refractivity contribution in [2.45, 2.75) is 0 Å². The van der Waals surface area contributed by atoms with Gasteiger partial charge >= 0.3 is 0 Å². The smallest absolute Gasteiger partial charge is 0.178 e. The van der Waals surface area contributed by atoms with Crippen LogP contribution >= 0.6 is 0 Å². The number of fused-ring (bicyclic) bond motifs is 1. The summed E-state index contributed by atoms with van der Waals surface area (Å²) in [7, 11) is 0. The summed E-state index contributed by atoms with van der Waals surface area (Å²) in [4.78, 5) is 11.7. The molecule has 3 rings (SSSR count). The van der Waals surface area contributed by atoms with Crippen molar-refractivity contribution in [3.63, 3.8) is 0 Å². The van der Waals surface area contributed by atoms with Gasteiger partial charge in [0.05, 0.1) is 17.1 Å². The van der Waals surface area contributed by atoms with Gasteiger partial charge in [-0.25, -0.2) is 9.97 Å². The molecule has 0 saturated carbocycles. The molecule has 2 aromatic heterocycles. The number of rotatable bonds is 2. The summed E-state index contributed by atoms with van der Waals surface area (Å²) in [6.07, 6.45) is 5.55. The van der Waals surface area contributed by atoms with Gasteiger partial charge in [0.2, 0.25) is 0 Å². The lowest BCUT2D eigenvalue weighted by Gasteiger charge is -1.92. The topological polar surface area (TPSA) is 65.4 Å². The number of aromatic nitrogens is 3. The van der Waals surface area contributed by atoms with Gasteiger partial charge in [0.25, 0.3) is 0 Å². The minimum absolute atomic E-state index is 0.657. The van der Waals surface area contributed by atoms with E-state index in [4.69, 9.17) is 5.26 Å². The van der Waals surface area contributed by atoms with E-state index in [0.29, 0.717) is 11.2 Å². The number of nitrogens with zero attached hydrogens (tertiary/aromatic N) is 3. The van der Waals surface area contributed by atoms with Crippen molar-refractivity contribution in [3.05, 3.63) is 59.5 Å². The van der Waals surface area contributed by atoms with Crippen molar-refractivity contribution in [1.29, 1.82) is 5.26 Å². The van der Waals surface area contributed by atoms with E-state index in [1.807, 2.05) is 36.4 Å². The SMILES string of the molecule is N#Cc1ccc(/C=C/c2nc3ncccc3[nH]2)cc1. The maximum atomic E-state index is 8.73. The van der Waals surface area contributed by atoms with E-state index in [1.54, 1.807) is 18.3 Å². The zero-order chi connectivity index (χ0) is 13.1. The molecule has 0 aliphatic carbocycles. The van der Waals surface area contributed by atoms with E-state index in [1.165, 1.54) is 0 Å². The van der Waals surface area contributed by atoms with Gasteiger partial charge in [-0.15, -0.1) is 0 Å². The molecule has 0 aliphatic heterocycles. The van der Waals surface area contributed by atoms with Crippen molar-refractivity contribution in [2.24, 2.45) is 0 Å². The number of hydrogen-bond donors (Lipinski definition) is 1. The molecule has 0 unspecified atom stereocenters. The average Bonchev–Trinajstić information content (AvgIpc) is 2.88. The predicted octanol–water partition coefficient (Wildman–Crippen LogP) is 3.00. The van der Waals surface area contributed by atoms with Crippen LogP contribution in [0.1, 0.15) is 17.0 Å². The highest BCUT2D eigenvalue weighted by molar-refractivity contribution is 5.75. The number of hydrogen-bond acceptors (Lipinski definition) is 3. The van der Waals surface area contributed by atoms with Crippen molar-refractivity contribution >= 4 is 23.3 Å². The first-order valence-electron chi connectivity index (χ1n) is 5.84. The fourth-order valence-electron chi connectivity index (χ4n) is 1.79. The fourth-order valence-corrected chi connectivity index (χ4v) is 1.79. The van der Waals surface area contributed by atoms with Crippen molar-refractivity contribution in [1.82, 2.24) is 15.0 Å². The van der Waals surface area contributed by atoms with Crippen LogP contribution in [-0.4, -0.2) is 15.0 Å². The third-order valence-corrected chi connectivity index (χ3v) is 2.75. The van der Waals surface area contributed by atoms with E-state index < -0.39 is 0 Å². The molecule has 19 heavy (non-hydrogen) atoms. The highest BCUT2D eigenvalue weighted by Crippen LogP contribution is 2.11. The minimum atomic E-state index is 0.657. The molecule has 0 atom stereocenters. The van der Waals surface area contributed by atoms with Crippen molar-refractivity contribution < 1.29 is 0 Å². The summed E-state index contributed by atoms with van der Waals surface area (Å²) in [5.74, 6) is 0.762. The molecule has 0 fully saturated rings. The highest BCUT2D eigenvalue weighted by atomic mass is 15.0. The van der Waals surface area contributed by atoms with Gasteiger partial charge in [-0.3, -0.25) is 0 Å². The molecule has 0 aliphatic rings. The Labute approximate surface area is 110 Å². The Bertz CT molecular complexity index is 743. The number of imidazole rings is 1. The molecule has 4 heteroatoms. The van der Waals surface area contributed by atoms with Crippen LogP contribution in [0.5, 0.6) is 0 Å². The molecule has 0 amide bonds. The molecular weight excluding hydrogens is 236 g/mol. The molecule has 4 nitrogen and oxygen atoms in total. The average molecular weight is 246 g/mol. The lowest BCUT2D eigenvalue weighted by atomic mass is 10.1. The monoisotopic (exact) mass is 246 g/mol. The minimum Gasteiger partial charge on any atom is -0.337 e. The summed E-state index contributed by atoms with van der Waals surface area (Å²) in [6, 6.07) is 13.3. The quantitative estimate of drug-likeness (QED) is 0.755. The molecule has 0 saturated heterocycles. The van der Waals surface area contributed by atoms with Crippen molar-refractivity contribution in [2.75, 3.05) is 0 Å². The Morgan fingerprint density at radius 3 is 2.68 bits per heavy atom. The Kier molecular flexibility index (Phi) is 2.79. The van der Waals surface area contributed by atoms with E-state index in [2.05, 4.69) is 21.0 Å². The van der Waals surface area contributed by atoms with Gasteiger partial charge in [-0.05, 0) is 35.9 Å². The molecule has 0 bridgehead atoms. The summed E-state index contributed by atoms with van der Waals surface area (Å²) in [5, 5.41) is 8.73. The maximum Gasteiger partial charge on any atom is 0.178 e. The fraction of sp³-hybridized carbons (Fsp3) is 0. The molecule has 0 radical (unpaired) electrons. The summed E-state index contributed by atoms with van der Waals surface area (Å²) < 4.78 is 0. The van der Waals surface area contributed by atoms with Gasteiger partial charge in [0.15, 0.2) is 5.65 Å². The third-order valence-electron chi connectivity index (χ3n) is 2.75. The number of nitriles is 1. The number of pyridine rings is 1. The van der Waals surface area contributed by atoms with Crippen molar-refractivity contribution in [3.8, 4) is 6.07 Å². The van der Waals surface area contributed by atoms with Crippen LogP contribution in [0.4, 0.5) is 0 Å². The van der Waals surface area contributed by atoms with Crippen LogP contribution in [0.2, 0.25) is 0 Å². The number of H-pyrrole nitrogens is 1. The number of nitrogens with one attached hydrogen (secondary N) is 1. The second-order valence-electron chi connectivity index (χ2n) is 4.06. The zero-order valence-corrected chi connectivity index (χ0v) is 10.0. The number of benzene rings is 1. The summed E-state index contributed by atoms with van der Waals surface area (Å²) in [6.45, 7) is 0. The lowest BCUT2D eigenvalue weighted by molar-refractivity contribution is 1.27. The predicted molar refractivity (Wildman–Crippen MR) is 74.0 cm³/mol. The number of aromatic amines is 1. The molecule has 2 heterocycles. The molecular formula is C15H10N4. The van der Waals surface area contributed by atoms with Gasteiger partial charge < -0.3 is 4.98 Å². The highest BCUT2D eigenvalue weighted by Gasteiger charge is 1.99.